The monoisotopic (exact) mass is 340 g/mol. The van der Waals surface area contributed by atoms with Gasteiger partial charge in [0, 0.05) is 16.1 Å². The third-order valence-corrected chi connectivity index (χ3v) is 3.50. The number of carbonyl (C=O) groups excluding carboxylic acids is 2. The molecule has 1 amide bonds. The maximum absolute atomic E-state index is 12.2. The molecule has 0 heterocycles. The maximum atomic E-state index is 12.2. The molecule has 0 bridgehead atoms. The van der Waals surface area contributed by atoms with E-state index in [9.17, 15) is 9.59 Å². The van der Waals surface area contributed by atoms with E-state index in [1.54, 1.807) is 6.07 Å². The van der Waals surface area contributed by atoms with Crippen LogP contribution < -0.4 is 5.32 Å². The molecule has 20 heavy (non-hydrogen) atoms. The summed E-state index contributed by atoms with van der Waals surface area (Å²) >= 11 is 3.37. The number of halogens is 1. The molecule has 0 saturated heterocycles. The van der Waals surface area contributed by atoms with Gasteiger partial charge in [-0.2, -0.15) is 0 Å². The van der Waals surface area contributed by atoms with E-state index < -0.39 is 0 Å². The molecule has 0 radical (unpaired) electrons. The molecule has 0 spiro atoms. The largest absolute Gasteiger partial charge is 0.353 e. The number of hydrogen-bond acceptors (Lipinski definition) is 3. The van der Waals surface area contributed by atoms with E-state index in [0.717, 1.165) is 4.47 Å². The summed E-state index contributed by atoms with van der Waals surface area (Å²) < 4.78 is 0.785. The Labute approximate surface area is 128 Å². The number of rotatable bonds is 7. The highest BCUT2D eigenvalue weighted by molar-refractivity contribution is 9.10. The van der Waals surface area contributed by atoms with E-state index >= 15 is 0 Å². The van der Waals surface area contributed by atoms with E-state index in [1.165, 1.54) is 0 Å². The minimum Gasteiger partial charge on any atom is -0.353 e. The van der Waals surface area contributed by atoms with Crippen LogP contribution in [0.4, 0.5) is 0 Å². The summed E-state index contributed by atoms with van der Waals surface area (Å²) in [5.74, 6) is -0.0431. The first-order valence-electron chi connectivity index (χ1n) is 6.73. The van der Waals surface area contributed by atoms with Gasteiger partial charge < -0.3 is 5.32 Å². The Kier molecular flexibility index (Phi) is 6.88. The molecule has 1 N–H and O–H groups in total. The van der Waals surface area contributed by atoms with Gasteiger partial charge in [-0.25, -0.2) is 0 Å². The van der Waals surface area contributed by atoms with E-state index in [4.69, 9.17) is 0 Å². The molecule has 0 aliphatic carbocycles. The summed E-state index contributed by atoms with van der Waals surface area (Å²) in [7, 11) is 0. The Bertz CT molecular complexity index is 475. The van der Waals surface area contributed by atoms with Gasteiger partial charge in [0.15, 0.2) is 5.78 Å². The first kappa shape index (κ1) is 16.9. The van der Waals surface area contributed by atoms with Crippen molar-refractivity contribution in [2.75, 3.05) is 19.6 Å². The van der Waals surface area contributed by atoms with Crippen molar-refractivity contribution in [2.24, 2.45) is 0 Å². The fourth-order valence-corrected chi connectivity index (χ4v) is 2.33. The Morgan fingerprint density at radius 1 is 1.25 bits per heavy atom. The normalized spacial score (nSPS) is 10.9. The first-order valence-corrected chi connectivity index (χ1v) is 7.52. The Hall–Kier alpha value is -1.20. The SMILES string of the molecule is CCN(CC(=O)NC(C)C)CC(=O)c1ccccc1Br. The molecule has 4 nitrogen and oxygen atoms in total. The lowest BCUT2D eigenvalue weighted by Gasteiger charge is -2.20. The zero-order valence-electron chi connectivity index (χ0n) is 12.1. The smallest absolute Gasteiger partial charge is 0.234 e. The average Bonchev–Trinajstić information content (AvgIpc) is 2.37. The van der Waals surface area contributed by atoms with Gasteiger partial charge in [-0.05, 0) is 26.5 Å². The third-order valence-electron chi connectivity index (χ3n) is 2.81. The summed E-state index contributed by atoms with van der Waals surface area (Å²) in [6.45, 7) is 6.91. The first-order chi connectivity index (χ1) is 9.43. The molecular formula is C15H21BrN2O2. The standard InChI is InChI=1S/C15H21BrN2O2/c1-4-18(10-15(20)17-11(2)3)9-14(19)12-7-5-6-8-13(12)16/h5-8,11H,4,9-10H2,1-3H3,(H,17,20). The molecule has 1 rings (SSSR count). The quantitative estimate of drug-likeness (QED) is 0.775. The second kappa shape index (κ2) is 8.17. The predicted molar refractivity (Wildman–Crippen MR) is 83.9 cm³/mol. The summed E-state index contributed by atoms with van der Waals surface area (Å²) in [5, 5.41) is 2.83. The summed E-state index contributed by atoms with van der Waals surface area (Å²) in [6, 6.07) is 7.44. The Morgan fingerprint density at radius 2 is 1.90 bits per heavy atom. The number of nitrogens with one attached hydrogen (secondary N) is 1. The molecular weight excluding hydrogens is 320 g/mol. The zero-order valence-corrected chi connectivity index (χ0v) is 13.7. The van der Waals surface area contributed by atoms with Crippen LogP contribution in [0.3, 0.4) is 0 Å². The van der Waals surface area contributed by atoms with Crippen molar-refractivity contribution in [3.63, 3.8) is 0 Å². The lowest BCUT2D eigenvalue weighted by molar-refractivity contribution is -0.122. The molecule has 0 aromatic heterocycles. The van der Waals surface area contributed by atoms with Gasteiger partial charge >= 0.3 is 0 Å². The van der Waals surface area contributed by atoms with Gasteiger partial charge in [0.1, 0.15) is 0 Å². The zero-order chi connectivity index (χ0) is 15.1. The highest BCUT2D eigenvalue weighted by Crippen LogP contribution is 2.16. The lowest BCUT2D eigenvalue weighted by atomic mass is 10.1. The van der Waals surface area contributed by atoms with Crippen LogP contribution in [0, 0.1) is 0 Å². The minimum absolute atomic E-state index is 0.0108. The van der Waals surface area contributed by atoms with E-state index in [-0.39, 0.29) is 30.8 Å². The van der Waals surface area contributed by atoms with Crippen molar-refractivity contribution in [2.45, 2.75) is 26.8 Å². The minimum atomic E-state index is -0.0539. The van der Waals surface area contributed by atoms with Gasteiger partial charge in [-0.3, -0.25) is 14.5 Å². The average molecular weight is 341 g/mol. The van der Waals surface area contributed by atoms with Gasteiger partial charge in [-0.1, -0.05) is 41.1 Å². The Balaban J connectivity index is 2.62. The second-order valence-corrected chi connectivity index (χ2v) is 5.78. The van der Waals surface area contributed by atoms with E-state index in [0.29, 0.717) is 12.1 Å². The highest BCUT2D eigenvalue weighted by atomic mass is 79.9. The van der Waals surface area contributed by atoms with Gasteiger partial charge in [0.2, 0.25) is 5.91 Å². The van der Waals surface area contributed by atoms with Crippen LogP contribution in [0.5, 0.6) is 0 Å². The topological polar surface area (TPSA) is 49.4 Å². The molecule has 1 aromatic rings. The molecule has 0 unspecified atom stereocenters. The van der Waals surface area contributed by atoms with Gasteiger partial charge in [-0.15, -0.1) is 0 Å². The number of Topliss-reactive ketones (excluding diaryl/α,β-unsaturated/α-hetero) is 1. The van der Waals surface area contributed by atoms with Crippen molar-refractivity contribution in [3.8, 4) is 0 Å². The molecule has 0 saturated carbocycles. The van der Waals surface area contributed by atoms with E-state index in [2.05, 4.69) is 21.2 Å². The van der Waals surface area contributed by atoms with Crippen LogP contribution in [-0.2, 0) is 4.79 Å². The van der Waals surface area contributed by atoms with Gasteiger partial charge in [0.25, 0.3) is 0 Å². The second-order valence-electron chi connectivity index (χ2n) is 4.93. The summed E-state index contributed by atoms with van der Waals surface area (Å²) in [6.07, 6.45) is 0. The lowest BCUT2D eigenvalue weighted by Crippen LogP contribution is -2.41. The van der Waals surface area contributed by atoms with Crippen molar-refractivity contribution >= 4 is 27.6 Å². The molecule has 0 atom stereocenters. The van der Waals surface area contributed by atoms with Crippen LogP contribution in [0.1, 0.15) is 31.1 Å². The number of amides is 1. The molecule has 0 fully saturated rings. The molecule has 0 aliphatic rings. The molecule has 5 heteroatoms. The fraction of sp³-hybridized carbons (Fsp3) is 0.467. The third kappa shape index (κ3) is 5.43. The fourth-order valence-electron chi connectivity index (χ4n) is 1.83. The molecule has 110 valence electrons. The maximum Gasteiger partial charge on any atom is 0.234 e. The van der Waals surface area contributed by atoms with E-state index in [1.807, 2.05) is 43.9 Å². The van der Waals surface area contributed by atoms with Crippen LogP contribution in [-0.4, -0.2) is 42.3 Å². The van der Waals surface area contributed by atoms with Crippen LogP contribution >= 0.6 is 15.9 Å². The van der Waals surface area contributed by atoms with Crippen LogP contribution in [0.2, 0.25) is 0 Å². The predicted octanol–water partition coefficient (Wildman–Crippen LogP) is 2.48. The number of hydrogen-bond donors (Lipinski definition) is 1. The summed E-state index contributed by atoms with van der Waals surface area (Å²) in [4.78, 5) is 25.8. The Morgan fingerprint density at radius 3 is 2.45 bits per heavy atom. The number of nitrogens with zero attached hydrogens (tertiary/aromatic N) is 1. The van der Waals surface area contributed by atoms with Crippen molar-refractivity contribution in [1.29, 1.82) is 0 Å². The van der Waals surface area contributed by atoms with Crippen LogP contribution in [0.15, 0.2) is 28.7 Å². The summed E-state index contributed by atoms with van der Waals surface area (Å²) in [5.41, 5.74) is 0.648. The van der Waals surface area contributed by atoms with Crippen molar-refractivity contribution in [3.05, 3.63) is 34.3 Å². The number of benzene rings is 1. The van der Waals surface area contributed by atoms with Crippen LogP contribution in [0.25, 0.3) is 0 Å². The van der Waals surface area contributed by atoms with Gasteiger partial charge in [0.05, 0.1) is 13.1 Å². The van der Waals surface area contributed by atoms with Crippen molar-refractivity contribution in [1.82, 2.24) is 10.2 Å². The number of ketones is 1. The number of likely N-dealkylation sites (N-methyl/N-ethyl adjacent to an activating group) is 1. The van der Waals surface area contributed by atoms with Crippen molar-refractivity contribution < 1.29 is 9.59 Å². The number of carbonyl (C=O) groups is 2. The highest BCUT2D eigenvalue weighted by Gasteiger charge is 2.16. The molecule has 1 aromatic carbocycles. The molecule has 0 aliphatic heterocycles.